The maximum Gasteiger partial charge on any atom is 0.410 e. The van der Waals surface area contributed by atoms with Gasteiger partial charge >= 0.3 is 6.09 Å². The molecule has 1 amide bonds. The summed E-state index contributed by atoms with van der Waals surface area (Å²) in [7, 11) is 0. The van der Waals surface area contributed by atoms with Crippen molar-refractivity contribution in [2.75, 3.05) is 31.1 Å². The average molecular weight is 634 g/mol. The first-order valence-corrected chi connectivity index (χ1v) is 16.8. The van der Waals surface area contributed by atoms with Gasteiger partial charge in [-0.15, -0.1) is 0 Å². The van der Waals surface area contributed by atoms with Gasteiger partial charge in [0, 0.05) is 43.5 Å². The largest absolute Gasteiger partial charge is 0.473 e. The Morgan fingerprint density at radius 1 is 0.745 bits per heavy atom. The fourth-order valence-electron chi connectivity index (χ4n) is 6.65. The van der Waals surface area contributed by atoms with Crippen LogP contribution in [0.1, 0.15) is 63.1 Å². The van der Waals surface area contributed by atoms with Crippen LogP contribution in [-0.2, 0) is 18.0 Å². The van der Waals surface area contributed by atoms with E-state index in [0.29, 0.717) is 30.4 Å². The summed E-state index contributed by atoms with van der Waals surface area (Å²) in [6.07, 6.45) is 4.19. The van der Waals surface area contributed by atoms with Crippen LogP contribution in [0.4, 0.5) is 10.5 Å². The normalized spacial score (nSPS) is 16.2. The van der Waals surface area contributed by atoms with E-state index < -0.39 is 5.60 Å². The quantitative estimate of drug-likeness (QED) is 0.193. The molecule has 0 unspecified atom stereocenters. The van der Waals surface area contributed by atoms with E-state index in [0.717, 1.165) is 74.1 Å². The van der Waals surface area contributed by atoms with E-state index in [1.54, 1.807) is 0 Å². The number of benzene rings is 3. The summed E-state index contributed by atoms with van der Waals surface area (Å²) in [5.41, 5.74) is 6.50. The summed E-state index contributed by atoms with van der Waals surface area (Å²) in [6.45, 7) is 12.4. The summed E-state index contributed by atoms with van der Waals surface area (Å²) in [5.74, 6) is 1.10. The van der Waals surface area contributed by atoms with Gasteiger partial charge in [0.1, 0.15) is 18.8 Å². The Kier molecular flexibility index (Phi) is 9.71. The summed E-state index contributed by atoms with van der Waals surface area (Å²) in [4.78, 5) is 21.8. The second-order valence-corrected chi connectivity index (χ2v) is 14.0. The molecule has 0 aliphatic carbocycles. The Balaban J connectivity index is 1.13. The Morgan fingerprint density at radius 2 is 1.32 bits per heavy atom. The van der Waals surface area contributed by atoms with Crippen LogP contribution in [-0.4, -0.2) is 47.8 Å². The van der Waals surface area contributed by atoms with Crippen LogP contribution in [0, 0.1) is 12.3 Å². The molecule has 47 heavy (non-hydrogen) atoms. The van der Waals surface area contributed by atoms with Gasteiger partial charge in [-0.3, -0.25) is 0 Å². The molecule has 7 heteroatoms. The summed E-state index contributed by atoms with van der Waals surface area (Å²) in [6, 6.07) is 31.0. The maximum atomic E-state index is 12.6. The lowest BCUT2D eigenvalue weighted by Gasteiger charge is -2.47. The zero-order chi connectivity index (χ0) is 32.9. The monoisotopic (exact) mass is 633 g/mol. The highest BCUT2D eigenvalue weighted by atomic mass is 16.6. The van der Waals surface area contributed by atoms with Crippen molar-refractivity contribution in [3.05, 3.63) is 108 Å². The number of nitrogens with zero attached hydrogens (tertiary/aromatic N) is 3. The second-order valence-electron chi connectivity index (χ2n) is 14.0. The van der Waals surface area contributed by atoms with Crippen molar-refractivity contribution in [1.82, 2.24) is 9.88 Å². The third kappa shape index (κ3) is 8.26. The third-order valence-electron chi connectivity index (χ3n) is 9.45. The number of rotatable bonds is 8. The first-order chi connectivity index (χ1) is 22.7. The Morgan fingerprint density at radius 3 is 1.91 bits per heavy atom. The molecule has 0 radical (unpaired) electrons. The molecule has 2 aliphatic rings. The molecule has 1 aromatic heterocycles. The maximum absolute atomic E-state index is 12.6. The van der Waals surface area contributed by atoms with Gasteiger partial charge in [0.15, 0.2) is 0 Å². The Bertz CT molecular complexity index is 1630. The van der Waals surface area contributed by atoms with Crippen molar-refractivity contribution in [3.63, 3.8) is 0 Å². The standard InChI is InChI=1S/C40H47N3O4/c1-30-27-33(42-23-19-40(20-24-42)21-25-43(26-22-40)38(44)47-39(2,3)4)15-16-34(30)35-17-18-36(45-28-31-11-7-5-8-12-31)41-37(35)46-29-32-13-9-6-10-14-32/h5-18,27H,19-26,28-29H2,1-4H3. The minimum Gasteiger partial charge on any atom is -0.473 e. The molecule has 2 aliphatic heterocycles. The number of hydrogen-bond acceptors (Lipinski definition) is 6. The predicted octanol–water partition coefficient (Wildman–Crippen LogP) is 8.83. The minimum absolute atomic E-state index is 0.182. The van der Waals surface area contributed by atoms with Crippen molar-refractivity contribution in [3.8, 4) is 22.9 Å². The highest BCUT2D eigenvalue weighted by Crippen LogP contribution is 2.43. The van der Waals surface area contributed by atoms with E-state index in [2.05, 4.69) is 48.2 Å². The summed E-state index contributed by atoms with van der Waals surface area (Å²) < 4.78 is 18.0. The van der Waals surface area contributed by atoms with Gasteiger partial charge in [0.05, 0.1) is 0 Å². The molecule has 7 nitrogen and oxygen atoms in total. The number of anilines is 1. The van der Waals surface area contributed by atoms with Crippen molar-refractivity contribution >= 4 is 11.8 Å². The lowest BCUT2D eigenvalue weighted by Crippen LogP contribution is -2.49. The lowest BCUT2D eigenvalue weighted by molar-refractivity contribution is 0.00666. The van der Waals surface area contributed by atoms with Crippen LogP contribution in [0.25, 0.3) is 11.1 Å². The second kappa shape index (κ2) is 14.1. The fourth-order valence-corrected chi connectivity index (χ4v) is 6.65. The number of pyridine rings is 1. The van der Waals surface area contributed by atoms with E-state index in [1.165, 1.54) is 11.3 Å². The van der Waals surface area contributed by atoms with Crippen molar-refractivity contribution < 1.29 is 19.0 Å². The highest BCUT2D eigenvalue weighted by Gasteiger charge is 2.39. The van der Waals surface area contributed by atoms with Gasteiger partial charge in [-0.2, -0.15) is 4.98 Å². The van der Waals surface area contributed by atoms with E-state index >= 15 is 0 Å². The number of ether oxygens (including phenoxy) is 3. The number of aryl methyl sites for hydroxylation is 1. The van der Waals surface area contributed by atoms with Gasteiger partial charge < -0.3 is 24.0 Å². The Labute approximate surface area is 279 Å². The van der Waals surface area contributed by atoms with E-state index in [9.17, 15) is 4.79 Å². The minimum atomic E-state index is -0.459. The van der Waals surface area contributed by atoms with Crippen LogP contribution in [0.2, 0.25) is 0 Å². The molecule has 2 fully saturated rings. The molecule has 0 N–H and O–H groups in total. The molecule has 2 saturated heterocycles. The van der Waals surface area contributed by atoms with Crippen LogP contribution < -0.4 is 14.4 Å². The lowest BCUT2D eigenvalue weighted by atomic mass is 9.71. The van der Waals surface area contributed by atoms with Crippen molar-refractivity contribution in [1.29, 1.82) is 0 Å². The topological polar surface area (TPSA) is 64.1 Å². The van der Waals surface area contributed by atoms with Crippen molar-refractivity contribution in [2.24, 2.45) is 5.41 Å². The molecule has 1 spiro atoms. The number of aromatic nitrogens is 1. The van der Waals surface area contributed by atoms with E-state index in [4.69, 9.17) is 19.2 Å². The van der Waals surface area contributed by atoms with Gasteiger partial charge in [0.2, 0.25) is 11.8 Å². The van der Waals surface area contributed by atoms with E-state index in [-0.39, 0.29) is 6.09 Å². The molecule has 3 heterocycles. The Hall–Kier alpha value is -4.52. The predicted molar refractivity (Wildman–Crippen MR) is 187 cm³/mol. The van der Waals surface area contributed by atoms with Crippen LogP contribution in [0.15, 0.2) is 91.0 Å². The number of piperidine rings is 2. The van der Waals surface area contributed by atoms with Crippen LogP contribution in [0.3, 0.4) is 0 Å². The number of amides is 1. The first kappa shape index (κ1) is 32.4. The summed E-state index contributed by atoms with van der Waals surface area (Å²) >= 11 is 0. The fraction of sp³-hybridized carbons (Fsp3) is 0.400. The third-order valence-corrected chi connectivity index (χ3v) is 9.45. The zero-order valence-electron chi connectivity index (χ0n) is 28.2. The van der Waals surface area contributed by atoms with Crippen LogP contribution >= 0.6 is 0 Å². The summed E-state index contributed by atoms with van der Waals surface area (Å²) in [5, 5.41) is 0. The van der Waals surface area contributed by atoms with Gasteiger partial charge in [-0.25, -0.2) is 4.79 Å². The molecule has 246 valence electrons. The molecular formula is C40H47N3O4. The smallest absolute Gasteiger partial charge is 0.410 e. The number of carbonyl (C=O) groups excluding carboxylic acids is 1. The van der Waals surface area contributed by atoms with Gasteiger partial charge in [-0.05, 0) is 99.2 Å². The van der Waals surface area contributed by atoms with Gasteiger partial charge in [-0.1, -0.05) is 66.7 Å². The highest BCUT2D eigenvalue weighted by molar-refractivity contribution is 5.74. The van der Waals surface area contributed by atoms with Crippen LogP contribution in [0.5, 0.6) is 11.8 Å². The average Bonchev–Trinajstić information content (AvgIpc) is 3.07. The molecule has 0 atom stereocenters. The van der Waals surface area contributed by atoms with E-state index in [1.807, 2.05) is 80.3 Å². The molecule has 3 aromatic carbocycles. The first-order valence-electron chi connectivity index (χ1n) is 16.8. The van der Waals surface area contributed by atoms with Gasteiger partial charge in [0.25, 0.3) is 0 Å². The SMILES string of the molecule is Cc1cc(N2CCC3(CCN(C(=O)OC(C)(C)C)CC3)CC2)ccc1-c1ccc(OCc2ccccc2)nc1OCc1ccccc1. The number of carbonyl (C=O) groups is 1. The molecule has 6 rings (SSSR count). The van der Waals surface area contributed by atoms with Crippen molar-refractivity contribution in [2.45, 2.75) is 72.2 Å². The molecule has 0 saturated carbocycles. The molecule has 0 bridgehead atoms. The molecular weight excluding hydrogens is 586 g/mol. The zero-order valence-corrected chi connectivity index (χ0v) is 28.2. The molecule has 4 aromatic rings. The number of likely N-dealkylation sites (tertiary alicyclic amines) is 1. The number of hydrogen-bond donors (Lipinski definition) is 0.